The average Bonchev–Trinajstić information content (AvgIpc) is 2.94. The van der Waals surface area contributed by atoms with Crippen molar-refractivity contribution in [2.45, 2.75) is 44.2 Å². The molecule has 0 saturated carbocycles. The van der Waals surface area contributed by atoms with E-state index in [-0.39, 0.29) is 30.6 Å². The maximum absolute atomic E-state index is 11.4. The minimum atomic E-state index is -0.660. The van der Waals surface area contributed by atoms with E-state index in [0.29, 0.717) is 5.88 Å². The number of aromatic nitrogens is 2. The summed E-state index contributed by atoms with van der Waals surface area (Å²) in [5.74, 6) is -0.957. The molecule has 0 aliphatic carbocycles. The fourth-order valence-electron chi connectivity index (χ4n) is 3.02. The molecule has 2 saturated heterocycles. The molecule has 1 amide bonds. The van der Waals surface area contributed by atoms with Crippen LogP contribution in [0.1, 0.15) is 30.6 Å². The summed E-state index contributed by atoms with van der Waals surface area (Å²) in [6.07, 6.45) is 0.368. The SMILES string of the molecule is CC1(C)O[C@@H]2[C@H](O1)[C@H]1COc3c(C(N)=O)ncn3[C@@H]2O1. The number of hydrogen-bond acceptors (Lipinski definition) is 6. The van der Waals surface area contributed by atoms with Gasteiger partial charge < -0.3 is 24.7 Å². The number of imidazole rings is 1. The molecule has 1 aromatic heterocycles. The predicted octanol–water partition coefficient (Wildman–Crippen LogP) is -0.208. The van der Waals surface area contributed by atoms with Crippen LogP contribution in [0.4, 0.5) is 0 Å². The molecule has 2 N–H and O–H groups in total. The molecule has 0 spiro atoms. The van der Waals surface area contributed by atoms with Crippen LogP contribution >= 0.6 is 0 Å². The monoisotopic (exact) mass is 281 g/mol. The van der Waals surface area contributed by atoms with Crippen molar-refractivity contribution in [3.63, 3.8) is 0 Å². The number of hydrogen-bond donors (Lipinski definition) is 1. The van der Waals surface area contributed by atoms with Crippen LogP contribution in [0.25, 0.3) is 0 Å². The number of nitrogens with two attached hydrogens (primary N) is 1. The Morgan fingerprint density at radius 3 is 2.95 bits per heavy atom. The van der Waals surface area contributed by atoms with E-state index in [4.69, 9.17) is 24.7 Å². The van der Waals surface area contributed by atoms with Gasteiger partial charge in [0.05, 0.1) is 0 Å². The van der Waals surface area contributed by atoms with Crippen LogP contribution in [0.3, 0.4) is 0 Å². The summed E-state index contributed by atoms with van der Waals surface area (Å²) in [5.41, 5.74) is 5.40. The fourth-order valence-corrected chi connectivity index (χ4v) is 3.02. The number of carbonyl (C=O) groups is 1. The smallest absolute Gasteiger partial charge is 0.272 e. The number of carbonyl (C=O) groups excluding carboxylic acids is 1. The van der Waals surface area contributed by atoms with Gasteiger partial charge in [0.1, 0.15) is 31.2 Å². The molecule has 0 radical (unpaired) electrons. The van der Waals surface area contributed by atoms with Crippen LogP contribution < -0.4 is 10.5 Å². The van der Waals surface area contributed by atoms with Gasteiger partial charge in [0.25, 0.3) is 5.91 Å². The maximum Gasteiger partial charge on any atom is 0.272 e. The van der Waals surface area contributed by atoms with E-state index in [0.717, 1.165) is 0 Å². The van der Waals surface area contributed by atoms with Crippen molar-refractivity contribution in [2.75, 3.05) is 6.61 Å². The van der Waals surface area contributed by atoms with E-state index >= 15 is 0 Å². The summed E-state index contributed by atoms with van der Waals surface area (Å²) < 4.78 is 24.9. The highest BCUT2D eigenvalue weighted by molar-refractivity contribution is 5.93. The van der Waals surface area contributed by atoms with Crippen molar-refractivity contribution < 1.29 is 23.7 Å². The molecule has 1 aromatic rings. The van der Waals surface area contributed by atoms with Gasteiger partial charge in [0, 0.05) is 0 Å². The fraction of sp³-hybridized carbons (Fsp3) is 0.667. The molecule has 4 rings (SSSR count). The van der Waals surface area contributed by atoms with Gasteiger partial charge in [0.2, 0.25) is 5.88 Å². The molecule has 0 aromatic carbocycles. The van der Waals surface area contributed by atoms with E-state index in [1.54, 1.807) is 4.57 Å². The van der Waals surface area contributed by atoms with Crippen LogP contribution in [0.2, 0.25) is 0 Å². The lowest BCUT2D eigenvalue weighted by Crippen LogP contribution is -2.35. The molecule has 2 fully saturated rings. The van der Waals surface area contributed by atoms with Gasteiger partial charge in [-0.05, 0) is 13.8 Å². The first-order valence-corrected chi connectivity index (χ1v) is 6.47. The summed E-state index contributed by atoms with van der Waals surface area (Å²) >= 11 is 0. The molecule has 8 nitrogen and oxygen atoms in total. The van der Waals surface area contributed by atoms with E-state index in [1.807, 2.05) is 13.8 Å². The second-order valence-electron chi connectivity index (χ2n) is 5.61. The van der Waals surface area contributed by atoms with Crippen molar-refractivity contribution in [3.8, 4) is 5.88 Å². The Kier molecular flexibility index (Phi) is 2.25. The molecule has 8 heteroatoms. The second kappa shape index (κ2) is 3.72. The third-order valence-electron chi connectivity index (χ3n) is 3.77. The lowest BCUT2D eigenvalue weighted by molar-refractivity contribution is -0.195. The minimum absolute atomic E-state index is 0.107. The van der Waals surface area contributed by atoms with Crippen LogP contribution in [0.15, 0.2) is 6.33 Å². The highest BCUT2D eigenvalue weighted by Crippen LogP contribution is 2.46. The van der Waals surface area contributed by atoms with Gasteiger partial charge in [-0.15, -0.1) is 0 Å². The highest BCUT2D eigenvalue weighted by Gasteiger charge is 2.57. The lowest BCUT2D eigenvalue weighted by atomic mass is 10.1. The molecular weight excluding hydrogens is 266 g/mol. The molecule has 2 bridgehead atoms. The highest BCUT2D eigenvalue weighted by atomic mass is 16.8. The normalized spacial score (nSPS) is 36.9. The van der Waals surface area contributed by atoms with E-state index in [1.165, 1.54) is 6.33 Å². The molecule has 108 valence electrons. The van der Waals surface area contributed by atoms with Gasteiger partial charge in [0.15, 0.2) is 17.7 Å². The summed E-state index contributed by atoms with van der Waals surface area (Å²) in [6.45, 7) is 3.99. The van der Waals surface area contributed by atoms with Crippen molar-refractivity contribution in [2.24, 2.45) is 5.73 Å². The number of nitrogens with zero attached hydrogens (tertiary/aromatic N) is 2. The summed E-state index contributed by atoms with van der Waals surface area (Å²) in [6, 6.07) is 0. The molecular formula is C12H15N3O5. The Morgan fingerprint density at radius 2 is 2.20 bits per heavy atom. The Hall–Kier alpha value is -1.64. The zero-order valence-corrected chi connectivity index (χ0v) is 11.1. The van der Waals surface area contributed by atoms with E-state index in [9.17, 15) is 4.79 Å². The first kappa shape index (κ1) is 12.1. The minimum Gasteiger partial charge on any atom is -0.474 e. The van der Waals surface area contributed by atoms with Crippen molar-refractivity contribution >= 4 is 5.91 Å². The zero-order valence-electron chi connectivity index (χ0n) is 11.1. The van der Waals surface area contributed by atoms with Gasteiger partial charge in [-0.2, -0.15) is 0 Å². The first-order chi connectivity index (χ1) is 9.46. The van der Waals surface area contributed by atoms with Crippen LogP contribution in [0.5, 0.6) is 5.88 Å². The Bertz CT molecular complexity index is 584. The molecule has 4 heterocycles. The first-order valence-electron chi connectivity index (χ1n) is 6.47. The van der Waals surface area contributed by atoms with Crippen LogP contribution in [-0.4, -0.2) is 46.2 Å². The molecule has 20 heavy (non-hydrogen) atoms. The predicted molar refractivity (Wildman–Crippen MR) is 64.0 cm³/mol. The molecule has 3 aliphatic rings. The Labute approximate surface area is 114 Å². The topological polar surface area (TPSA) is 97.8 Å². The Balaban J connectivity index is 1.76. The zero-order chi connectivity index (χ0) is 14.1. The van der Waals surface area contributed by atoms with Gasteiger partial charge in [-0.3, -0.25) is 9.36 Å². The molecule has 4 atom stereocenters. The van der Waals surface area contributed by atoms with Gasteiger partial charge in [-0.25, -0.2) is 4.98 Å². The number of rotatable bonds is 1. The number of amides is 1. The third kappa shape index (κ3) is 1.52. The molecule has 0 unspecified atom stereocenters. The summed E-state index contributed by atoms with van der Waals surface area (Å²) in [4.78, 5) is 15.3. The van der Waals surface area contributed by atoms with E-state index < -0.39 is 17.9 Å². The average molecular weight is 281 g/mol. The van der Waals surface area contributed by atoms with Crippen molar-refractivity contribution in [1.29, 1.82) is 0 Å². The van der Waals surface area contributed by atoms with Gasteiger partial charge >= 0.3 is 0 Å². The van der Waals surface area contributed by atoms with Crippen LogP contribution in [0, 0.1) is 0 Å². The second-order valence-corrected chi connectivity index (χ2v) is 5.61. The van der Waals surface area contributed by atoms with Crippen molar-refractivity contribution in [3.05, 3.63) is 12.0 Å². The Morgan fingerprint density at radius 1 is 1.45 bits per heavy atom. The van der Waals surface area contributed by atoms with Crippen molar-refractivity contribution in [1.82, 2.24) is 9.55 Å². The lowest BCUT2D eigenvalue weighted by Gasteiger charge is -2.22. The largest absolute Gasteiger partial charge is 0.474 e. The van der Waals surface area contributed by atoms with Crippen LogP contribution in [-0.2, 0) is 14.2 Å². The van der Waals surface area contributed by atoms with E-state index in [2.05, 4.69) is 4.98 Å². The maximum atomic E-state index is 11.4. The number of ether oxygens (including phenoxy) is 4. The quantitative estimate of drug-likeness (QED) is 0.765. The summed E-state index contributed by atoms with van der Waals surface area (Å²) in [5, 5.41) is 0. The number of fused-ring (bicyclic) bond motifs is 7. The molecule has 3 aliphatic heterocycles. The standard InChI is InChI=1S/C12H15N3O5/c1-12(2)19-7-5-3-17-10-6(9(13)16)14-4-15(10)11(18-5)8(7)20-12/h4-5,7-8,11H,3H2,1-2H3,(H2,13,16)/t5-,7-,8-,11-/m1/s1. The number of primary amides is 1. The van der Waals surface area contributed by atoms with Gasteiger partial charge in [-0.1, -0.05) is 0 Å². The summed E-state index contributed by atoms with van der Waals surface area (Å²) in [7, 11) is 0. The third-order valence-corrected chi connectivity index (χ3v) is 3.77.